The summed E-state index contributed by atoms with van der Waals surface area (Å²) < 4.78 is 16.6. The van der Waals surface area contributed by atoms with Crippen molar-refractivity contribution >= 4 is 11.0 Å². The number of hydrogen-bond donors (Lipinski definition) is 2. The predicted octanol–water partition coefficient (Wildman–Crippen LogP) is 2.82. The van der Waals surface area contributed by atoms with Crippen LogP contribution in [0.5, 0.6) is 11.5 Å². The van der Waals surface area contributed by atoms with Crippen LogP contribution in [0.25, 0.3) is 11.0 Å². The van der Waals surface area contributed by atoms with E-state index in [1.807, 2.05) is 19.9 Å². The van der Waals surface area contributed by atoms with Crippen molar-refractivity contribution in [2.75, 3.05) is 13.7 Å². The molecule has 1 aromatic carbocycles. The second kappa shape index (κ2) is 7.93. The van der Waals surface area contributed by atoms with Crippen LogP contribution in [0.4, 0.5) is 0 Å². The van der Waals surface area contributed by atoms with Crippen molar-refractivity contribution in [1.82, 2.24) is 0 Å². The number of methoxy groups -OCH3 is 1. The van der Waals surface area contributed by atoms with E-state index < -0.39 is 17.3 Å². The van der Waals surface area contributed by atoms with Gasteiger partial charge in [-0.05, 0) is 39.8 Å². The number of aliphatic hydroxyl groups excluding tert-OH is 1. The Labute approximate surface area is 152 Å². The van der Waals surface area contributed by atoms with Crippen LogP contribution >= 0.6 is 0 Å². The Balaban J connectivity index is 2.59. The monoisotopic (exact) mass is 362 g/mol. The van der Waals surface area contributed by atoms with Gasteiger partial charge in [0.25, 0.3) is 0 Å². The van der Waals surface area contributed by atoms with Crippen molar-refractivity contribution in [3.8, 4) is 11.5 Å². The molecule has 1 aromatic heterocycles. The van der Waals surface area contributed by atoms with Crippen LogP contribution in [0.3, 0.4) is 0 Å². The fourth-order valence-corrected chi connectivity index (χ4v) is 2.47. The van der Waals surface area contributed by atoms with E-state index >= 15 is 0 Å². The van der Waals surface area contributed by atoms with E-state index in [9.17, 15) is 15.0 Å². The summed E-state index contributed by atoms with van der Waals surface area (Å²) in [6, 6.07) is 4.64. The summed E-state index contributed by atoms with van der Waals surface area (Å²) in [5.41, 5.74) is 0.0832. The number of rotatable bonds is 7. The van der Waals surface area contributed by atoms with Crippen LogP contribution in [-0.2, 0) is 6.42 Å². The molecule has 0 saturated carbocycles. The Morgan fingerprint density at radius 2 is 2.00 bits per heavy atom. The van der Waals surface area contributed by atoms with Gasteiger partial charge in [-0.15, -0.1) is 0 Å². The fraction of sp³-hybridized carbons (Fsp3) is 0.450. The molecule has 142 valence electrons. The molecular formula is C20H26O6. The molecule has 0 radical (unpaired) electrons. The molecule has 2 aromatic rings. The normalized spacial score (nSPS) is 12.7. The van der Waals surface area contributed by atoms with Gasteiger partial charge >= 0.3 is 5.63 Å². The molecule has 1 unspecified atom stereocenters. The molecule has 6 heteroatoms. The minimum Gasteiger partial charge on any atom is -0.496 e. The van der Waals surface area contributed by atoms with E-state index in [2.05, 4.69) is 0 Å². The Bertz CT molecular complexity index is 853. The van der Waals surface area contributed by atoms with Crippen molar-refractivity contribution in [3.05, 3.63) is 45.8 Å². The number of fused-ring (bicyclic) bond motifs is 1. The van der Waals surface area contributed by atoms with Gasteiger partial charge in [0, 0.05) is 24.1 Å². The van der Waals surface area contributed by atoms with Gasteiger partial charge in [0.2, 0.25) is 0 Å². The first-order valence-corrected chi connectivity index (χ1v) is 8.43. The Hall–Kier alpha value is -2.31. The lowest BCUT2D eigenvalue weighted by atomic mass is 9.93. The maximum Gasteiger partial charge on any atom is 0.336 e. The van der Waals surface area contributed by atoms with E-state index in [-0.39, 0.29) is 12.0 Å². The Morgan fingerprint density at radius 1 is 1.31 bits per heavy atom. The SMILES string of the molecule is COc1cc(OCC=C(C)C)c2ccc(=O)oc2c1CC(O)C(C)(C)O. The quantitative estimate of drug-likeness (QED) is 0.582. The highest BCUT2D eigenvalue weighted by atomic mass is 16.5. The molecule has 0 spiro atoms. The zero-order valence-corrected chi connectivity index (χ0v) is 15.8. The largest absolute Gasteiger partial charge is 0.496 e. The van der Waals surface area contributed by atoms with Crippen molar-refractivity contribution in [3.63, 3.8) is 0 Å². The smallest absolute Gasteiger partial charge is 0.336 e. The molecule has 0 amide bonds. The number of benzene rings is 1. The Morgan fingerprint density at radius 3 is 2.58 bits per heavy atom. The highest BCUT2D eigenvalue weighted by molar-refractivity contribution is 5.88. The minimum absolute atomic E-state index is 0.0599. The van der Waals surface area contributed by atoms with Gasteiger partial charge in [-0.3, -0.25) is 0 Å². The van der Waals surface area contributed by atoms with Gasteiger partial charge < -0.3 is 24.1 Å². The zero-order chi connectivity index (χ0) is 19.5. The molecule has 1 heterocycles. The number of ether oxygens (including phenoxy) is 2. The standard InChI is InChI=1S/C20H26O6/c1-12(2)8-9-25-16-11-15(24-5)14(10-17(21)20(3,4)23)19-13(16)6-7-18(22)26-19/h6-8,11,17,21,23H,9-10H2,1-5H3. The van der Waals surface area contributed by atoms with Crippen molar-refractivity contribution in [2.45, 2.75) is 45.8 Å². The molecule has 0 aliphatic carbocycles. The van der Waals surface area contributed by atoms with Crippen LogP contribution < -0.4 is 15.1 Å². The molecule has 2 N–H and O–H groups in total. The molecule has 0 fully saturated rings. The maximum absolute atomic E-state index is 11.8. The lowest BCUT2D eigenvalue weighted by molar-refractivity contribution is -0.0470. The van der Waals surface area contributed by atoms with E-state index in [4.69, 9.17) is 13.9 Å². The number of allylic oxidation sites excluding steroid dienone is 1. The van der Waals surface area contributed by atoms with Gasteiger partial charge in [-0.1, -0.05) is 5.57 Å². The molecule has 0 aliphatic heterocycles. The third kappa shape index (κ3) is 4.65. The molecule has 0 aliphatic rings. The van der Waals surface area contributed by atoms with Crippen LogP contribution in [0, 0.1) is 0 Å². The summed E-state index contributed by atoms with van der Waals surface area (Å²) >= 11 is 0. The fourth-order valence-electron chi connectivity index (χ4n) is 2.47. The van der Waals surface area contributed by atoms with Gasteiger partial charge in [0.05, 0.1) is 24.2 Å². The first-order valence-electron chi connectivity index (χ1n) is 8.43. The average Bonchev–Trinajstić information content (AvgIpc) is 2.54. The second-order valence-electron chi connectivity index (χ2n) is 7.02. The van der Waals surface area contributed by atoms with E-state index in [1.165, 1.54) is 27.0 Å². The second-order valence-corrected chi connectivity index (χ2v) is 7.02. The maximum atomic E-state index is 11.8. The first-order chi connectivity index (χ1) is 12.1. The van der Waals surface area contributed by atoms with Crippen LogP contribution in [0.15, 0.2) is 39.1 Å². The molecular weight excluding hydrogens is 336 g/mol. The summed E-state index contributed by atoms with van der Waals surface area (Å²) in [6.07, 6.45) is 0.927. The molecule has 2 rings (SSSR count). The van der Waals surface area contributed by atoms with Crippen molar-refractivity contribution in [1.29, 1.82) is 0 Å². The first kappa shape index (κ1) is 20.0. The van der Waals surface area contributed by atoms with Gasteiger partial charge in [-0.2, -0.15) is 0 Å². The molecule has 0 saturated heterocycles. The summed E-state index contributed by atoms with van der Waals surface area (Å²) in [6.45, 7) is 7.34. The minimum atomic E-state index is -1.31. The third-order valence-corrected chi connectivity index (χ3v) is 4.10. The van der Waals surface area contributed by atoms with Crippen LogP contribution in [0.2, 0.25) is 0 Å². The lowest BCUT2D eigenvalue weighted by Gasteiger charge is -2.25. The highest BCUT2D eigenvalue weighted by Gasteiger charge is 2.28. The predicted molar refractivity (Wildman–Crippen MR) is 100.0 cm³/mol. The summed E-state index contributed by atoms with van der Waals surface area (Å²) in [4.78, 5) is 11.8. The lowest BCUT2D eigenvalue weighted by Crippen LogP contribution is -2.37. The van der Waals surface area contributed by atoms with Crippen LogP contribution in [-0.4, -0.2) is 35.6 Å². The number of hydrogen-bond acceptors (Lipinski definition) is 6. The Kier molecular flexibility index (Phi) is 6.10. The summed E-state index contributed by atoms with van der Waals surface area (Å²) in [5.74, 6) is 0.932. The van der Waals surface area contributed by atoms with Crippen molar-refractivity contribution in [2.24, 2.45) is 0 Å². The molecule has 0 bridgehead atoms. The van der Waals surface area contributed by atoms with E-state index in [0.717, 1.165) is 5.57 Å². The summed E-state index contributed by atoms with van der Waals surface area (Å²) in [5, 5.41) is 20.9. The molecule has 1 atom stereocenters. The summed E-state index contributed by atoms with van der Waals surface area (Å²) in [7, 11) is 1.49. The third-order valence-electron chi connectivity index (χ3n) is 4.10. The highest BCUT2D eigenvalue weighted by Crippen LogP contribution is 2.36. The van der Waals surface area contributed by atoms with Gasteiger partial charge in [0.1, 0.15) is 23.7 Å². The molecule has 6 nitrogen and oxygen atoms in total. The van der Waals surface area contributed by atoms with E-state index in [1.54, 1.807) is 12.1 Å². The van der Waals surface area contributed by atoms with Gasteiger partial charge in [0.15, 0.2) is 0 Å². The average molecular weight is 362 g/mol. The van der Waals surface area contributed by atoms with Crippen LogP contribution in [0.1, 0.15) is 33.3 Å². The van der Waals surface area contributed by atoms with Crippen molar-refractivity contribution < 1.29 is 24.1 Å². The molecule has 26 heavy (non-hydrogen) atoms. The zero-order valence-electron chi connectivity index (χ0n) is 15.8. The topological polar surface area (TPSA) is 89.1 Å². The number of aliphatic hydroxyl groups is 2. The van der Waals surface area contributed by atoms with E-state index in [0.29, 0.717) is 29.1 Å². The van der Waals surface area contributed by atoms with Gasteiger partial charge in [-0.25, -0.2) is 4.79 Å².